The number of rotatable bonds is 5. The van der Waals surface area contributed by atoms with Crippen LogP contribution in [0.4, 0.5) is 4.39 Å². The minimum atomic E-state index is -0.237. The van der Waals surface area contributed by atoms with Crippen LogP contribution in [0.3, 0.4) is 0 Å². The lowest BCUT2D eigenvalue weighted by Crippen LogP contribution is -2.17. The molecule has 5 nitrogen and oxygen atoms in total. The van der Waals surface area contributed by atoms with Gasteiger partial charge in [-0.3, -0.25) is 4.90 Å². The first-order valence-electron chi connectivity index (χ1n) is 6.50. The molecule has 0 radical (unpaired) electrons. The Balaban J connectivity index is 1.64. The molecular weight excluding hydrogens is 273 g/mol. The van der Waals surface area contributed by atoms with E-state index in [2.05, 4.69) is 10.1 Å². The van der Waals surface area contributed by atoms with Gasteiger partial charge in [0.25, 0.3) is 0 Å². The molecule has 6 heteroatoms. The average Bonchev–Trinajstić information content (AvgIpc) is 3.08. The van der Waals surface area contributed by atoms with E-state index in [1.165, 1.54) is 12.1 Å². The van der Waals surface area contributed by atoms with Crippen molar-refractivity contribution in [3.63, 3.8) is 0 Å². The molecule has 1 aromatic carbocycles. The second-order valence-electron chi connectivity index (χ2n) is 4.79. The molecule has 0 spiro atoms. The van der Waals surface area contributed by atoms with Crippen LogP contribution in [0.25, 0.3) is 11.6 Å². The Hall–Kier alpha value is -2.47. The predicted octanol–water partition coefficient (Wildman–Crippen LogP) is 3.10. The summed E-state index contributed by atoms with van der Waals surface area (Å²) in [5.74, 6) is 1.24. The second kappa shape index (κ2) is 5.88. The number of nitrogens with zero attached hydrogens (tertiary/aromatic N) is 3. The van der Waals surface area contributed by atoms with E-state index in [1.807, 2.05) is 18.0 Å². The van der Waals surface area contributed by atoms with Gasteiger partial charge >= 0.3 is 0 Å². The molecule has 0 atom stereocenters. The van der Waals surface area contributed by atoms with Gasteiger partial charge in [-0.15, -0.1) is 0 Å². The average molecular weight is 287 g/mol. The summed E-state index contributed by atoms with van der Waals surface area (Å²) in [7, 11) is 1.90. The van der Waals surface area contributed by atoms with Crippen molar-refractivity contribution in [1.82, 2.24) is 15.0 Å². The molecule has 21 heavy (non-hydrogen) atoms. The van der Waals surface area contributed by atoms with Crippen LogP contribution in [0.1, 0.15) is 11.5 Å². The van der Waals surface area contributed by atoms with Gasteiger partial charge < -0.3 is 8.94 Å². The smallest absolute Gasteiger partial charge is 0.241 e. The van der Waals surface area contributed by atoms with Crippen LogP contribution in [-0.2, 0) is 13.1 Å². The summed E-state index contributed by atoms with van der Waals surface area (Å²) in [6, 6.07) is 10.0. The molecule has 0 aliphatic rings. The van der Waals surface area contributed by atoms with Crippen LogP contribution in [0.5, 0.6) is 0 Å². The van der Waals surface area contributed by atoms with Crippen molar-refractivity contribution in [3.05, 3.63) is 59.9 Å². The molecule has 0 unspecified atom stereocenters. The summed E-state index contributed by atoms with van der Waals surface area (Å²) >= 11 is 0. The molecule has 0 bridgehead atoms. The van der Waals surface area contributed by atoms with Gasteiger partial charge in [-0.1, -0.05) is 17.3 Å². The maximum Gasteiger partial charge on any atom is 0.241 e. The van der Waals surface area contributed by atoms with Crippen molar-refractivity contribution in [2.75, 3.05) is 7.05 Å². The maximum atomic E-state index is 13.1. The van der Waals surface area contributed by atoms with Crippen molar-refractivity contribution in [2.45, 2.75) is 13.1 Å². The van der Waals surface area contributed by atoms with Crippen molar-refractivity contribution >= 4 is 0 Å². The lowest BCUT2D eigenvalue weighted by Gasteiger charge is -2.13. The highest BCUT2D eigenvalue weighted by molar-refractivity contribution is 5.44. The second-order valence-corrected chi connectivity index (χ2v) is 4.79. The fraction of sp³-hybridized carbons (Fsp3) is 0.200. The first-order valence-corrected chi connectivity index (χ1v) is 6.50. The molecule has 0 aliphatic heterocycles. The topological polar surface area (TPSA) is 55.3 Å². The third kappa shape index (κ3) is 3.35. The summed E-state index contributed by atoms with van der Waals surface area (Å²) < 4.78 is 23.5. The fourth-order valence-electron chi connectivity index (χ4n) is 2.06. The van der Waals surface area contributed by atoms with Crippen molar-refractivity contribution in [2.24, 2.45) is 0 Å². The molecule has 0 N–H and O–H groups in total. The molecule has 0 amide bonds. The number of halogens is 1. The minimum Gasteiger partial charge on any atom is -0.461 e. The highest BCUT2D eigenvalue weighted by Gasteiger charge is 2.12. The Kier molecular flexibility index (Phi) is 3.79. The van der Waals surface area contributed by atoms with E-state index < -0.39 is 0 Å². The summed E-state index contributed by atoms with van der Waals surface area (Å²) in [5, 5.41) is 3.87. The van der Waals surface area contributed by atoms with Gasteiger partial charge in [0.15, 0.2) is 5.76 Å². The zero-order chi connectivity index (χ0) is 14.7. The first kappa shape index (κ1) is 13.5. The van der Waals surface area contributed by atoms with E-state index in [-0.39, 0.29) is 5.82 Å². The normalized spacial score (nSPS) is 11.2. The van der Waals surface area contributed by atoms with Crippen LogP contribution >= 0.6 is 0 Å². The zero-order valence-corrected chi connectivity index (χ0v) is 11.5. The molecule has 0 saturated carbocycles. The third-order valence-electron chi connectivity index (χ3n) is 2.96. The number of benzene rings is 1. The Morgan fingerprint density at radius 2 is 2.10 bits per heavy atom. The van der Waals surface area contributed by atoms with E-state index in [9.17, 15) is 4.39 Å². The number of hydrogen-bond donors (Lipinski definition) is 0. The maximum absolute atomic E-state index is 13.1. The van der Waals surface area contributed by atoms with E-state index in [0.717, 1.165) is 5.56 Å². The summed E-state index contributed by atoms with van der Waals surface area (Å²) in [4.78, 5) is 6.23. The number of aromatic nitrogens is 2. The van der Waals surface area contributed by atoms with Gasteiger partial charge in [0.2, 0.25) is 11.7 Å². The van der Waals surface area contributed by atoms with E-state index in [4.69, 9.17) is 8.94 Å². The van der Waals surface area contributed by atoms with Gasteiger partial charge in [0.1, 0.15) is 5.82 Å². The lowest BCUT2D eigenvalue weighted by atomic mass is 10.2. The van der Waals surface area contributed by atoms with Crippen LogP contribution in [0.15, 0.2) is 51.6 Å². The molecule has 3 aromatic rings. The molecular formula is C15H14FN3O2. The minimum absolute atomic E-state index is 0.237. The number of hydrogen-bond acceptors (Lipinski definition) is 5. The van der Waals surface area contributed by atoms with Crippen LogP contribution in [0.2, 0.25) is 0 Å². The van der Waals surface area contributed by atoms with E-state index in [0.29, 0.717) is 30.6 Å². The van der Waals surface area contributed by atoms with Crippen LogP contribution in [-0.4, -0.2) is 22.1 Å². The van der Waals surface area contributed by atoms with Gasteiger partial charge in [-0.05, 0) is 36.9 Å². The van der Waals surface area contributed by atoms with Gasteiger partial charge in [-0.25, -0.2) is 4.39 Å². The Bertz CT molecular complexity index is 709. The van der Waals surface area contributed by atoms with Gasteiger partial charge in [0, 0.05) is 6.54 Å². The monoisotopic (exact) mass is 287 g/mol. The molecule has 0 saturated heterocycles. The Labute approximate surface area is 121 Å². The Morgan fingerprint density at radius 1 is 1.19 bits per heavy atom. The van der Waals surface area contributed by atoms with Crippen LogP contribution in [0, 0.1) is 5.82 Å². The van der Waals surface area contributed by atoms with Crippen molar-refractivity contribution < 1.29 is 13.3 Å². The molecule has 3 rings (SSSR count). The number of furan rings is 1. The van der Waals surface area contributed by atoms with E-state index in [1.54, 1.807) is 24.5 Å². The summed E-state index contributed by atoms with van der Waals surface area (Å²) in [6.45, 7) is 1.07. The fourth-order valence-corrected chi connectivity index (χ4v) is 2.06. The molecule has 2 aromatic heterocycles. The molecule has 0 aliphatic carbocycles. The van der Waals surface area contributed by atoms with Gasteiger partial charge in [-0.2, -0.15) is 4.98 Å². The van der Waals surface area contributed by atoms with E-state index >= 15 is 0 Å². The van der Waals surface area contributed by atoms with Gasteiger partial charge in [0.05, 0.1) is 12.8 Å². The first-order chi connectivity index (χ1) is 10.2. The quantitative estimate of drug-likeness (QED) is 0.721. The third-order valence-corrected chi connectivity index (χ3v) is 2.96. The SMILES string of the molecule is CN(Cc1cccc(F)c1)Cc1nc(-c2ccco2)no1. The zero-order valence-electron chi connectivity index (χ0n) is 11.5. The predicted molar refractivity (Wildman–Crippen MR) is 73.6 cm³/mol. The Morgan fingerprint density at radius 3 is 2.86 bits per heavy atom. The highest BCUT2D eigenvalue weighted by Crippen LogP contribution is 2.16. The molecule has 0 fully saturated rings. The molecule has 108 valence electrons. The van der Waals surface area contributed by atoms with Crippen LogP contribution < -0.4 is 0 Å². The standard InChI is InChI=1S/C15H14FN3O2/c1-19(9-11-4-2-5-12(16)8-11)10-14-17-15(18-21-14)13-6-3-7-20-13/h2-8H,9-10H2,1H3. The lowest BCUT2D eigenvalue weighted by molar-refractivity contribution is 0.260. The largest absolute Gasteiger partial charge is 0.461 e. The molecule has 2 heterocycles. The highest BCUT2D eigenvalue weighted by atomic mass is 19.1. The summed E-state index contributed by atoms with van der Waals surface area (Å²) in [5.41, 5.74) is 0.892. The van der Waals surface area contributed by atoms with Crippen molar-refractivity contribution in [1.29, 1.82) is 0 Å². The van der Waals surface area contributed by atoms with Crippen molar-refractivity contribution in [3.8, 4) is 11.6 Å². The summed E-state index contributed by atoms with van der Waals surface area (Å²) in [6.07, 6.45) is 1.56.